The molecule has 0 spiro atoms. The molecule has 28 heavy (non-hydrogen) atoms. The quantitative estimate of drug-likeness (QED) is 0.598. The Hall–Kier alpha value is -3.38. The zero-order chi connectivity index (χ0) is 19.6. The van der Waals surface area contributed by atoms with E-state index in [4.69, 9.17) is 14.6 Å². The summed E-state index contributed by atoms with van der Waals surface area (Å²) in [6, 6.07) is 21.2. The lowest BCUT2D eigenvalue weighted by Crippen LogP contribution is -2.32. The molecule has 0 fully saturated rings. The van der Waals surface area contributed by atoms with Gasteiger partial charge in [0.2, 0.25) is 5.75 Å². The van der Waals surface area contributed by atoms with E-state index in [1.165, 1.54) is 0 Å². The van der Waals surface area contributed by atoms with Crippen LogP contribution in [0.4, 0.5) is 0 Å². The molecular formula is C22H23N2O4+. The number of aromatic amines is 1. The molecule has 1 amide bonds. The Bertz CT molecular complexity index is 886. The van der Waals surface area contributed by atoms with Gasteiger partial charge in [-0.2, -0.15) is 0 Å². The number of ether oxygens (including phenoxy) is 2. The fourth-order valence-corrected chi connectivity index (χ4v) is 2.61. The minimum absolute atomic E-state index is 0.143. The van der Waals surface area contributed by atoms with Gasteiger partial charge in [0.05, 0.1) is 6.61 Å². The lowest BCUT2D eigenvalue weighted by Gasteiger charge is -2.13. The Kier molecular flexibility index (Phi) is 6.98. The Balaban J connectivity index is 1.83. The summed E-state index contributed by atoms with van der Waals surface area (Å²) in [5.74, 6) is 0.424. The van der Waals surface area contributed by atoms with Crippen molar-refractivity contribution in [2.75, 3.05) is 13.2 Å². The molecule has 1 heterocycles. The molecule has 6 heteroatoms. The number of hydrogen-bond acceptors (Lipinski definition) is 4. The van der Waals surface area contributed by atoms with Crippen LogP contribution in [0, 0.1) is 0 Å². The number of H-pyrrole nitrogens is 1. The second-order valence-corrected chi connectivity index (χ2v) is 6.07. The van der Waals surface area contributed by atoms with Crippen LogP contribution in [0.1, 0.15) is 21.6 Å². The van der Waals surface area contributed by atoms with Crippen molar-refractivity contribution in [1.29, 1.82) is 0 Å². The van der Waals surface area contributed by atoms with E-state index in [1.807, 2.05) is 60.7 Å². The molecule has 2 aromatic carbocycles. The van der Waals surface area contributed by atoms with Crippen molar-refractivity contribution in [3.63, 3.8) is 0 Å². The van der Waals surface area contributed by atoms with Crippen LogP contribution in [0.25, 0.3) is 0 Å². The van der Waals surface area contributed by atoms with E-state index in [9.17, 15) is 4.79 Å². The molecule has 3 aromatic rings. The van der Waals surface area contributed by atoms with E-state index in [0.717, 1.165) is 11.1 Å². The maximum Gasteiger partial charge on any atom is 0.320 e. The van der Waals surface area contributed by atoms with Crippen molar-refractivity contribution in [1.82, 2.24) is 5.32 Å². The van der Waals surface area contributed by atoms with Gasteiger partial charge in [-0.25, -0.2) is 4.98 Å². The first kappa shape index (κ1) is 19.4. The Labute approximate surface area is 163 Å². The Morgan fingerprint density at radius 1 is 0.893 bits per heavy atom. The first-order valence-electron chi connectivity index (χ1n) is 9.05. The van der Waals surface area contributed by atoms with E-state index in [1.54, 1.807) is 12.3 Å². The summed E-state index contributed by atoms with van der Waals surface area (Å²) in [7, 11) is 0. The number of aromatic nitrogens is 1. The van der Waals surface area contributed by atoms with E-state index in [2.05, 4.69) is 10.3 Å². The van der Waals surface area contributed by atoms with Gasteiger partial charge in [-0.15, -0.1) is 0 Å². The third-order valence-electron chi connectivity index (χ3n) is 4.00. The van der Waals surface area contributed by atoms with E-state index >= 15 is 0 Å². The molecule has 0 bridgehead atoms. The van der Waals surface area contributed by atoms with Crippen molar-refractivity contribution in [2.45, 2.75) is 13.2 Å². The summed E-state index contributed by atoms with van der Waals surface area (Å²) in [5.41, 5.74) is 2.23. The predicted octanol–water partition coefficient (Wildman–Crippen LogP) is 2.38. The molecule has 0 aliphatic heterocycles. The molecule has 3 rings (SSSR count). The lowest BCUT2D eigenvalue weighted by molar-refractivity contribution is -0.383. The molecular weight excluding hydrogens is 356 g/mol. The second-order valence-electron chi connectivity index (χ2n) is 6.07. The molecule has 6 nitrogen and oxygen atoms in total. The van der Waals surface area contributed by atoms with Gasteiger partial charge in [0, 0.05) is 12.6 Å². The van der Waals surface area contributed by atoms with Crippen LogP contribution in [-0.4, -0.2) is 24.2 Å². The molecule has 0 saturated carbocycles. The maximum absolute atomic E-state index is 12.5. The van der Waals surface area contributed by atoms with Crippen LogP contribution < -0.4 is 19.8 Å². The standard InChI is InChI=1S/C22H22N2O4/c25-14-13-24-22(26)20-21(28-16-18-9-5-2-6-10-18)19(11-12-23-20)27-15-17-7-3-1-4-8-17/h1-12,25H,13-16H2,(H,24,26)/p+1. The number of carbonyl (C=O) groups is 1. The third-order valence-corrected chi connectivity index (χ3v) is 4.00. The molecule has 3 N–H and O–H groups in total. The molecule has 144 valence electrons. The maximum atomic E-state index is 12.5. The highest BCUT2D eigenvalue weighted by Crippen LogP contribution is 2.30. The average Bonchev–Trinajstić information content (AvgIpc) is 2.76. The van der Waals surface area contributed by atoms with Crippen LogP contribution >= 0.6 is 0 Å². The normalized spacial score (nSPS) is 10.3. The van der Waals surface area contributed by atoms with Gasteiger partial charge in [0.25, 0.3) is 0 Å². The number of rotatable bonds is 9. The van der Waals surface area contributed by atoms with Gasteiger partial charge in [-0.1, -0.05) is 60.7 Å². The van der Waals surface area contributed by atoms with Crippen LogP contribution in [0.5, 0.6) is 11.5 Å². The summed E-state index contributed by atoms with van der Waals surface area (Å²) in [4.78, 5) is 15.4. The zero-order valence-corrected chi connectivity index (χ0v) is 15.4. The molecule has 0 unspecified atom stereocenters. The van der Waals surface area contributed by atoms with Gasteiger partial charge >= 0.3 is 11.6 Å². The molecule has 1 aromatic heterocycles. The van der Waals surface area contributed by atoms with Crippen LogP contribution in [0.2, 0.25) is 0 Å². The SMILES string of the molecule is O=C(NCCO)c1[nH+]ccc(OCc2ccccc2)c1OCc1ccccc1. The first-order chi connectivity index (χ1) is 13.8. The summed E-state index contributed by atoms with van der Waals surface area (Å²) in [5, 5.41) is 11.6. The average molecular weight is 379 g/mol. The predicted molar refractivity (Wildman–Crippen MR) is 104 cm³/mol. The fraction of sp³-hybridized carbons (Fsp3) is 0.182. The molecule has 0 radical (unpaired) electrons. The van der Waals surface area contributed by atoms with Crippen LogP contribution in [-0.2, 0) is 13.2 Å². The number of hydrogen-bond donors (Lipinski definition) is 2. The highest BCUT2D eigenvalue weighted by Gasteiger charge is 2.25. The number of benzene rings is 2. The topological polar surface area (TPSA) is 81.9 Å². The molecule has 0 aliphatic carbocycles. The van der Waals surface area contributed by atoms with Crippen LogP contribution in [0.3, 0.4) is 0 Å². The van der Waals surface area contributed by atoms with Gasteiger partial charge in [0.1, 0.15) is 13.2 Å². The van der Waals surface area contributed by atoms with E-state index in [0.29, 0.717) is 24.7 Å². The lowest BCUT2D eigenvalue weighted by atomic mass is 10.2. The van der Waals surface area contributed by atoms with E-state index in [-0.39, 0.29) is 24.8 Å². The van der Waals surface area contributed by atoms with Crippen molar-refractivity contribution in [2.24, 2.45) is 0 Å². The number of pyridine rings is 1. The summed E-state index contributed by atoms with van der Waals surface area (Å²) in [6.07, 6.45) is 1.63. The number of aliphatic hydroxyl groups excluding tert-OH is 1. The minimum Gasteiger partial charge on any atom is -0.484 e. The van der Waals surface area contributed by atoms with Crippen LogP contribution in [0.15, 0.2) is 72.9 Å². The van der Waals surface area contributed by atoms with Gasteiger partial charge < -0.3 is 19.9 Å². The first-order valence-corrected chi connectivity index (χ1v) is 9.05. The number of amides is 1. The van der Waals surface area contributed by atoms with Gasteiger partial charge in [-0.05, 0) is 11.1 Å². The van der Waals surface area contributed by atoms with Crippen molar-refractivity contribution >= 4 is 5.91 Å². The number of nitrogens with one attached hydrogen (secondary N) is 2. The monoisotopic (exact) mass is 379 g/mol. The molecule has 0 atom stereocenters. The Morgan fingerprint density at radius 3 is 2.11 bits per heavy atom. The highest BCUT2D eigenvalue weighted by atomic mass is 16.5. The third kappa shape index (κ3) is 5.31. The smallest absolute Gasteiger partial charge is 0.320 e. The second kappa shape index (κ2) is 10.1. The Morgan fingerprint density at radius 2 is 1.50 bits per heavy atom. The fourth-order valence-electron chi connectivity index (χ4n) is 2.61. The van der Waals surface area contributed by atoms with Crippen molar-refractivity contribution in [3.8, 4) is 11.5 Å². The highest BCUT2D eigenvalue weighted by molar-refractivity contribution is 5.94. The van der Waals surface area contributed by atoms with E-state index < -0.39 is 0 Å². The molecule has 0 saturated heterocycles. The summed E-state index contributed by atoms with van der Waals surface area (Å²) < 4.78 is 11.9. The summed E-state index contributed by atoms with van der Waals surface area (Å²) in [6.45, 7) is 0.654. The minimum atomic E-state index is -0.373. The number of aliphatic hydroxyl groups is 1. The van der Waals surface area contributed by atoms with Crippen molar-refractivity contribution < 1.29 is 24.4 Å². The number of carbonyl (C=O) groups excluding carboxylic acids is 1. The largest absolute Gasteiger partial charge is 0.484 e. The summed E-state index contributed by atoms with van der Waals surface area (Å²) >= 11 is 0. The van der Waals surface area contributed by atoms with Crippen molar-refractivity contribution in [3.05, 3.63) is 89.7 Å². The van der Waals surface area contributed by atoms with Gasteiger partial charge in [0.15, 0.2) is 11.9 Å². The zero-order valence-electron chi connectivity index (χ0n) is 15.4. The van der Waals surface area contributed by atoms with Gasteiger partial charge in [-0.3, -0.25) is 4.79 Å². The molecule has 0 aliphatic rings.